The van der Waals surface area contributed by atoms with Crippen molar-refractivity contribution in [3.05, 3.63) is 139 Å². The fourth-order valence-corrected chi connectivity index (χ4v) is 12.6. The number of rotatable bonds is 23. The first-order valence-electron chi connectivity index (χ1n) is 24.4. The highest BCUT2D eigenvalue weighted by Gasteiger charge is 2.66. The van der Waals surface area contributed by atoms with Gasteiger partial charge in [-0.15, -0.1) is 6.58 Å². The number of nitrogens with one attached hydrogen (secondary N) is 1. The highest BCUT2D eigenvalue weighted by molar-refractivity contribution is 7.89. The monoisotopic (exact) mass is 988 g/mol. The van der Waals surface area contributed by atoms with Gasteiger partial charge in [0.15, 0.2) is 0 Å². The molecule has 2 aliphatic carbocycles. The number of aliphatic hydroxyl groups excluding tert-OH is 2. The maximum absolute atomic E-state index is 15.7. The van der Waals surface area contributed by atoms with E-state index in [-0.39, 0.29) is 61.9 Å². The Morgan fingerprint density at radius 1 is 0.944 bits per heavy atom. The van der Waals surface area contributed by atoms with Crippen LogP contribution in [0.2, 0.25) is 0 Å². The summed E-state index contributed by atoms with van der Waals surface area (Å²) in [5.41, 5.74) is 3.72. The number of amides is 1. The summed E-state index contributed by atoms with van der Waals surface area (Å²) in [4.78, 5) is 24.6. The number of pyridine rings is 1. The second-order valence-electron chi connectivity index (χ2n) is 18.1. The molecule has 1 fully saturated rings. The Balaban J connectivity index is 1.32. The van der Waals surface area contributed by atoms with Crippen molar-refractivity contribution in [2.45, 2.75) is 87.5 Å². The SMILES string of the molecule is C=CCOC12Oc3ccc(OC(=O)Nc4ccc(OC)cc4OC)cc3C3C(CCCCO)C(CCCCO)C=C(C(=NOCc4ccccc4)CC1N(CCC)S(=O)(=O)c1cccc4cccnc14)C32. The number of carbonyl (C=O) groups is 1. The Hall–Kier alpha value is -6.30. The van der Waals surface area contributed by atoms with Crippen LogP contribution in [0.1, 0.15) is 75.3 Å². The summed E-state index contributed by atoms with van der Waals surface area (Å²) < 4.78 is 64.2. The van der Waals surface area contributed by atoms with Crippen molar-refractivity contribution >= 4 is 38.4 Å². The Morgan fingerprint density at radius 3 is 2.46 bits per heavy atom. The lowest BCUT2D eigenvalue weighted by molar-refractivity contribution is -0.251. The predicted octanol–water partition coefficient (Wildman–Crippen LogP) is 9.80. The van der Waals surface area contributed by atoms with Crippen LogP contribution in [-0.2, 0) is 26.2 Å². The lowest BCUT2D eigenvalue weighted by Gasteiger charge is -2.59. The molecule has 0 saturated heterocycles. The molecule has 0 radical (unpaired) electrons. The van der Waals surface area contributed by atoms with Crippen molar-refractivity contribution in [3.8, 4) is 23.0 Å². The van der Waals surface area contributed by atoms with E-state index >= 15 is 8.42 Å². The number of anilines is 1. The number of ether oxygens (including phenoxy) is 5. The van der Waals surface area contributed by atoms with Crippen LogP contribution in [-0.4, -0.2) is 92.1 Å². The molecule has 3 aliphatic rings. The Bertz CT molecular complexity index is 2820. The summed E-state index contributed by atoms with van der Waals surface area (Å²) in [5.74, 6) is -1.40. The molecule has 0 spiro atoms. The zero-order chi connectivity index (χ0) is 50.0. The Kier molecular flexibility index (Phi) is 16.7. The van der Waals surface area contributed by atoms with E-state index in [0.717, 1.165) is 29.5 Å². The second kappa shape index (κ2) is 23.3. The number of hydrogen-bond acceptors (Lipinski definition) is 13. The minimum absolute atomic E-state index is 0.0136. The number of sulfonamides is 1. The fraction of sp³-hybridized carbons (Fsp3) is 0.400. The molecule has 16 heteroatoms. The number of fused-ring (bicyclic) bond motifs is 3. The maximum Gasteiger partial charge on any atom is 0.417 e. The van der Waals surface area contributed by atoms with Crippen molar-refractivity contribution in [1.82, 2.24) is 9.29 Å². The highest BCUT2D eigenvalue weighted by atomic mass is 32.2. The number of nitrogens with zero attached hydrogens (tertiary/aromatic N) is 3. The Morgan fingerprint density at radius 2 is 1.72 bits per heavy atom. The number of benzene rings is 4. The highest BCUT2D eigenvalue weighted by Crippen LogP contribution is 2.62. The van der Waals surface area contributed by atoms with Gasteiger partial charge in [-0.25, -0.2) is 13.2 Å². The average molecular weight is 989 g/mol. The van der Waals surface area contributed by atoms with Gasteiger partial charge in [-0.1, -0.05) is 85.6 Å². The first-order chi connectivity index (χ1) is 34.6. The number of aromatic nitrogens is 1. The second-order valence-corrected chi connectivity index (χ2v) is 19.9. The predicted molar refractivity (Wildman–Crippen MR) is 271 cm³/mol. The van der Waals surface area contributed by atoms with Crippen molar-refractivity contribution in [3.63, 3.8) is 0 Å². The molecule has 15 nitrogen and oxygen atoms in total. The molecular weight excluding hydrogens is 925 g/mol. The van der Waals surface area contributed by atoms with Gasteiger partial charge in [0.25, 0.3) is 0 Å². The molecule has 0 bridgehead atoms. The molecule has 6 atom stereocenters. The number of hydrogen-bond donors (Lipinski definition) is 3. The minimum Gasteiger partial charge on any atom is -0.497 e. The van der Waals surface area contributed by atoms with E-state index in [4.69, 9.17) is 33.7 Å². The van der Waals surface area contributed by atoms with Gasteiger partial charge in [0, 0.05) is 55.3 Å². The number of methoxy groups -OCH3 is 2. The quantitative estimate of drug-likeness (QED) is 0.0320. The molecule has 1 aromatic heterocycles. The standard InChI is InChI=1S/C55H64N4O11S/c1-5-28-59(71(63,64)49-22-14-19-38-20-15-27-56-53(38)49)50-35-46(58-68-36-37-16-8-7-9-17-37)43-32-39(18-10-12-29-60)42(21-11-13-30-61)51-44-33-41(24-26-47(44)70-55(50,52(43)51)67-31-6-2)69-54(62)57-45-25-23-40(65-3)34-48(45)66-4/h6-9,14-17,19-20,22-27,32-34,39,42,50-52,60-61H,2,5,10-13,18,21,28-31,35-36H2,1,3-4H3,(H,57,62). The molecule has 2 heterocycles. The lowest BCUT2D eigenvalue weighted by atomic mass is 9.55. The van der Waals surface area contributed by atoms with Crippen LogP contribution < -0.4 is 24.3 Å². The fourth-order valence-electron chi connectivity index (χ4n) is 10.7. The third-order valence-electron chi connectivity index (χ3n) is 13.7. The molecule has 1 amide bonds. The summed E-state index contributed by atoms with van der Waals surface area (Å²) in [5, 5.41) is 28.5. The molecule has 6 unspecified atom stereocenters. The third-order valence-corrected chi connectivity index (χ3v) is 15.7. The van der Waals surface area contributed by atoms with E-state index < -0.39 is 39.8 Å². The average Bonchev–Trinajstić information content (AvgIpc) is 3.38. The van der Waals surface area contributed by atoms with Gasteiger partial charge in [0.05, 0.1) is 49.7 Å². The van der Waals surface area contributed by atoms with E-state index in [9.17, 15) is 15.0 Å². The normalized spacial score (nSPS) is 21.9. The van der Waals surface area contributed by atoms with Gasteiger partial charge in [-0.3, -0.25) is 10.3 Å². The molecule has 1 saturated carbocycles. The zero-order valence-electron chi connectivity index (χ0n) is 40.6. The first kappa shape index (κ1) is 51.1. The van der Waals surface area contributed by atoms with E-state index in [2.05, 4.69) is 23.0 Å². The summed E-state index contributed by atoms with van der Waals surface area (Å²) >= 11 is 0. The summed E-state index contributed by atoms with van der Waals surface area (Å²) in [7, 11) is -1.33. The van der Waals surface area contributed by atoms with Crippen molar-refractivity contribution in [2.75, 3.05) is 45.9 Å². The third kappa shape index (κ3) is 10.8. The number of oxime groups is 1. The van der Waals surface area contributed by atoms with Crippen molar-refractivity contribution in [1.29, 1.82) is 0 Å². The van der Waals surface area contributed by atoms with Crippen LogP contribution >= 0.6 is 0 Å². The van der Waals surface area contributed by atoms with Crippen LogP contribution in [0.3, 0.4) is 0 Å². The van der Waals surface area contributed by atoms with Gasteiger partial charge < -0.3 is 38.7 Å². The molecule has 1 aliphatic heterocycles. The van der Waals surface area contributed by atoms with Gasteiger partial charge in [-0.05, 0) is 97.5 Å². The number of para-hydroxylation sites is 1. The Labute approximate surface area is 416 Å². The smallest absolute Gasteiger partial charge is 0.417 e. The van der Waals surface area contributed by atoms with E-state index in [1.807, 2.05) is 55.5 Å². The summed E-state index contributed by atoms with van der Waals surface area (Å²) in [6, 6.07) is 27.7. The molecule has 3 N–H and O–H groups in total. The van der Waals surface area contributed by atoms with Crippen LogP contribution in [0.15, 0.2) is 138 Å². The molecule has 71 heavy (non-hydrogen) atoms. The first-order valence-corrected chi connectivity index (χ1v) is 25.9. The molecule has 4 aromatic carbocycles. The number of unbranched alkanes of at least 4 members (excludes halogenated alkanes) is 2. The van der Waals surface area contributed by atoms with Crippen molar-refractivity contribution in [2.24, 2.45) is 22.9 Å². The topological polar surface area (TPSA) is 188 Å². The van der Waals surface area contributed by atoms with Crippen LogP contribution in [0.5, 0.6) is 23.0 Å². The number of allylic oxidation sites excluding steroid dienone is 1. The molecular formula is C55H64N4O11S. The van der Waals surface area contributed by atoms with Gasteiger partial charge >= 0.3 is 6.09 Å². The summed E-state index contributed by atoms with van der Waals surface area (Å²) in [6.07, 6.45) is 9.22. The van der Waals surface area contributed by atoms with E-state index in [1.54, 1.807) is 67.9 Å². The van der Waals surface area contributed by atoms with Crippen LogP contribution in [0.4, 0.5) is 10.5 Å². The maximum atomic E-state index is 15.7. The van der Waals surface area contributed by atoms with Crippen LogP contribution in [0, 0.1) is 17.8 Å². The number of carbonyl (C=O) groups excluding carboxylic acids is 1. The number of aliphatic hydroxyl groups is 2. The lowest BCUT2D eigenvalue weighted by Crippen LogP contribution is -2.70. The summed E-state index contributed by atoms with van der Waals surface area (Å²) in [6.45, 7) is 6.31. The molecule has 5 aromatic rings. The molecule has 376 valence electrons. The molecule has 8 rings (SSSR count). The van der Waals surface area contributed by atoms with Crippen molar-refractivity contribution < 1.29 is 51.9 Å². The van der Waals surface area contributed by atoms with Crippen LogP contribution in [0.25, 0.3) is 10.9 Å². The largest absolute Gasteiger partial charge is 0.497 e. The van der Waals surface area contributed by atoms with Gasteiger partial charge in [-0.2, -0.15) is 4.31 Å². The zero-order valence-corrected chi connectivity index (χ0v) is 41.4. The van der Waals surface area contributed by atoms with E-state index in [0.29, 0.717) is 71.7 Å². The van der Waals surface area contributed by atoms with E-state index in [1.165, 1.54) is 11.4 Å². The van der Waals surface area contributed by atoms with Gasteiger partial charge in [0.2, 0.25) is 15.8 Å². The minimum atomic E-state index is -4.37. The van der Waals surface area contributed by atoms with Gasteiger partial charge in [0.1, 0.15) is 34.5 Å².